The summed E-state index contributed by atoms with van der Waals surface area (Å²) in [5.74, 6) is 0.414. The van der Waals surface area contributed by atoms with Gasteiger partial charge in [-0.25, -0.2) is 4.79 Å². The highest BCUT2D eigenvalue weighted by molar-refractivity contribution is 7.91. The molecular formula is C11H16N4O3S. The van der Waals surface area contributed by atoms with E-state index in [2.05, 4.69) is 4.98 Å². The molecule has 0 saturated carbocycles. The third kappa shape index (κ3) is 1.91. The van der Waals surface area contributed by atoms with Crippen LogP contribution >= 0.6 is 0 Å². The molecular weight excluding hydrogens is 268 g/mol. The molecule has 2 heterocycles. The maximum Gasteiger partial charge on any atom is 0.332 e. The molecule has 2 rings (SSSR count). The highest BCUT2D eigenvalue weighted by Crippen LogP contribution is 2.16. The van der Waals surface area contributed by atoms with E-state index >= 15 is 0 Å². The second-order valence-electron chi connectivity index (χ2n) is 4.15. The Balaban J connectivity index is 3.00. The van der Waals surface area contributed by atoms with Gasteiger partial charge in [0, 0.05) is 31.8 Å². The van der Waals surface area contributed by atoms with Crippen molar-refractivity contribution in [3.63, 3.8) is 0 Å². The molecule has 0 N–H and O–H groups in total. The zero-order chi connectivity index (χ0) is 14.3. The normalized spacial score (nSPS) is 13.1. The van der Waals surface area contributed by atoms with E-state index in [4.69, 9.17) is 0 Å². The molecule has 0 saturated heterocycles. The maximum absolute atomic E-state index is 12.2. The molecule has 1 atom stereocenters. The van der Waals surface area contributed by atoms with Crippen LogP contribution in [0.1, 0.15) is 13.8 Å². The zero-order valence-corrected chi connectivity index (χ0v) is 12.2. The fourth-order valence-electron chi connectivity index (χ4n) is 2.02. The fourth-order valence-corrected chi connectivity index (χ4v) is 2.94. The van der Waals surface area contributed by atoms with E-state index in [1.807, 2.05) is 6.92 Å². The minimum Gasteiger partial charge on any atom is -0.609 e. The van der Waals surface area contributed by atoms with Gasteiger partial charge < -0.3 is 4.55 Å². The molecule has 0 bridgehead atoms. The van der Waals surface area contributed by atoms with Crippen molar-refractivity contribution in [3.05, 3.63) is 20.8 Å². The van der Waals surface area contributed by atoms with Crippen LogP contribution in [0.15, 0.2) is 14.7 Å². The fraction of sp³-hybridized carbons (Fsp3) is 0.545. The van der Waals surface area contributed by atoms with Gasteiger partial charge in [-0.1, -0.05) is 0 Å². The van der Waals surface area contributed by atoms with Crippen molar-refractivity contribution in [2.24, 2.45) is 14.1 Å². The molecule has 2 aromatic heterocycles. The third-order valence-electron chi connectivity index (χ3n) is 3.09. The van der Waals surface area contributed by atoms with Crippen LogP contribution in [0.5, 0.6) is 0 Å². The molecule has 0 aliphatic rings. The van der Waals surface area contributed by atoms with Crippen LogP contribution in [0, 0.1) is 0 Å². The van der Waals surface area contributed by atoms with Crippen molar-refractivity contribution < 1.29 is 4.55 Å². The molecule has 104 valence electrons. The van der Waals surface area contributed by atoms with Crippen molar-refractivity contribution in [2.45, 2.75) is 25.5 Å². The largest absolute Gasteiger partial charge is 0.609 e. The molecule has 0 aromatic carbocycles. The monoisotopic (exact) mass is 284 g/mol. The third-order valence-corrected chi connectivity index (χ3v) is 4.34. The Hall–Kier alpha value is -1.54. The number of nitrogens with zero attached hydrogens (tertiary/aromatic N) is 4. The van der Waals surface area contributed by atoms with E-state index in [-0.39, 0.29) is 5.65 Å². The first-order valence-electron chi connectivity index (χ1n) is 5.98. The van der Waals surface area contributed by atoms with E-state index in [9.17, 15) is 14.1 Å². The molecule has 0 amide bonds. The lowest BCUT2D eigenvalue weighted by molar-refractivity contribution is 0.572. The van der Waals surface area contributed by atoms with E-state index in [1.165, 1.54) is 11.6 Å². The van der Waals surface area contributed by atoms with Crippen molar-refractivity contribution in [3.8, 4) is 0 Å². The van der Waals surface area contributed by atoms with Crippen molar-refractivity contribution in [1.82, 2.24) is 18.7 Å². The molecule has 19 heavy (non-hydrogen) atoms. The number of fused-ring (bicyclic) bond motifs is 1. The Kier molecular flexibility index (Phi) is 3.55. The number of rotatable bonds is 3. The molecule has 1 unspecified atom stereocenters. The SMILES string of the molecule is CCn1c([S+]([O-])CC)nc2c1c(=O)n(C)c(=O)n2C. The lowest BCUT2D eigenvalue weighted by Gasteiger charge is -2.08. The first kappa shape index (κ1) is 13.9. The predicted molar refractivity (Wildman–Crippen MR) is 72.8 cm³/mol. The second kappa shape index (κ2) is 4.86. The van der Waals surface area contributed by atoms with Gasteiger partial charge in [-0.05, 0) is 13.8 Å². The molecule has 0 fully saturated rings. The lowest BCUT2D eigenvalue weighted by atomic mass is 10.5. The summed E-state index contributed by atoms with van der Waals surface area (Å²) in [5.41, 5.74) is -0.241. The van der Waals surface area contributed by atoms with Crippen LogP contribution in [-0.4, -0.2) is 29.0 Å². The summed E-state index contributed by atoms with van der Waals surface area (Å²) in [4.78, 5) is 28.3. The smallest absolute Gasteiger partial charge is 0.332 e. The van der Waals surface area contributed by atoms with Crippen LogP contribution in [0.2, 0.25) is 0 Å². The van der Waals surface area contributed by atoms with Crippen molar-refractivity contribution in [1.29, 1.82) is 0 Å². The van der Waals surface area contributed by atoms with Gasteiger partial charge in [-0.15, -0.1) is 0 Å². The van der Waals surface area contributed by atoms with Gasteiger partial charge in [0.15, 0.2) is 11.2 Å². The van der Waals surface area contributed by atoms with Crippen LogP contribution in [0.25, 0.3) is 11.2 Å². The standard InChI is InChI=1S/C11H16N4O3S/c1-5-15-7-8(12-10(15)19(18)6-2)13(3)11(17)14(4)9(7)16/h5-6H2,1-4H3. The Morgan fingerprint density at radius 2 is 1.84 bits per heavy atom. The van der Waals surface area contributed by atoms with E-state index in [0.29, 0.717) is 23.0 Å². The summed E-state index contributed by atoms with van der Waals surface area (Å²) in [6, 6.07) is 0. The number of hydrogen-bond acceptors (Lipinski definition) is 4. The molecule has 2 aromatic rings. The highest BCUT2D eigenvalue weighted by atomic mass is 32.2. The average molecular weight is 284 g/mol. The van der Waals surface area contributed by atoms with E-state index in [1.54, 1.807) is 18.5 Å². The average Bonchev–Trinajstić information content (AvgIpc) is 2.81. The molecule has 0 spiro atoms. The maximum atomic E-state index is 12.2. The Morgan fingerprint density at radius 3 is 2.37 bits per heavy atom. The number of aryl methyl sites for hydroxylation is 2. The summed E-state index contributed by atoms with van der Waals surface area (Å²) in [5, 5.41) is 0.346. The van der Waals surface area contributed by atoms with Crippen LogP contribution in [0.4, 0.5) is 0 Å². The van der Waals surface area contributed by atoms with Gasteiger partial charge in [0.25, 0.3) is 5.56 Å². The molecule has 0 aliphatic carbocycles. The number of aromatic nitrogens is 4. The summed E-state index contributed by atoms with van der Waals surface area (Å²) < 4.78 is 15.9. The number of imidazole rings is 1. The first-order chi connectivity index (χ1) is 8.93. The quantitative estimate of drug-likeness (QED) is 0.717. The minimum absolute atomic E-state index is 0.284. The van der Waals surface area contributed by atoms with Crippen LogP contribution in [0.3, 0.4) is 0 Å². The van der Waals surface area contributed by atoms with Gasteiger partial charge in [-0.3, -0.25) is 18.5 Å². The van der Waals surface area contributed by atoms with Gasteiger partial charge >= 0.3 is 10.8 Å². The van der Waals surface area contributed by atoms with Crippen LogP contribution < -0.4 is 11.2 Å². The van der Waals surface area contributed by atoms with Gasteiger partial charge in [0.05, 0.1) is 0 Å². The van der Waals surface area contributed by atoms with Gasteiger partial charge in [-0.2, -0.15) is 4.98 Å². The van der Waals surface area contributed by atoms with Crippen LogP contribution in [-0.2, 0) is 31.8 Å². The van der Waals surface area contributed by atoms with Crippen molar-refractivity contribution >= 4 is 22.3 Å². The molecule has 0 aliphatic heterocycles. The summed E-state index contributed by atoms with van der Waals surface area (Å²) in [6.45, 7) is 4.11. The Morgan fingerprint density at radius 1 is 1.21 bits per heavy atom. The van der Waals surface area contributed by atoms with E-state index in [0.717, 1.165) is 4.57 Å². The summed E-state index contributed by atoms with van der Waals surface area (Å²) >= 11 is -1.28. The Bertz CT molecular complexity index is 743. The topological polar surface area (TPSA) is 84.9 Å². The summed E-state index contributed by atoms with van der Waals surface area (Å²) in [6.07, 6.45) is 0. The first-order valence-corrected chi connectivity index (χ1v) is 7.30. The second-order valence-corrected chi connectivity index (χ2v) is 5.78. The minimum atomic E-state index is -1.28. The Labute approximate surface area is 112 Å². The molecule has 0 radical (unpaired) electrons. The number of hydrogen-bond donors (Lipinski definition) is 0. The zero-order valence-electron chi connectivity index (χ0n) is 11.3. The summed E-state index contributed by atoms with van der Waals surface area (Å²) in [7, 11) is 2.98. The van der Waals surface area contributed by atoms with Gasteiger partial charge in [0.1, 0.15) is 5.75 Å². The predicted octanol–water partition coefficient (Wildman–Crippen LogP) is -0.419. The highest BCUT2D eigenvalue weighted by Gasteiger charge is 2.24. The lowest BCUT2D eigenvalue weighted by Crippen LogP contribution is -2.37. The molecule has 8 heteroatoms. The molecule has 7 nitrogen and oxygen atoms in total. The van der Waals surface area contributed by atoms with Gasteiger partial charge in [0.2, 0.25) is 0 Å². The van der Waals surface area contributed by atoms with Crippen molar-refractivity contribution in [2.75, 3.05) is 5.75 Å². The van der Waals surface area contributed by atoms with E-state index < -0.39 is 22.4 Å².